The van der Waals surface area contributed by atoms with Crippen LogP contribution in [-0.2, 0) is 4.74 Å². The summed E-state index contributed by atoms with van der Waals surface area (Å²) in [5.74, 6) is -2.18. The number of halogens is 2. The van der Waals surface area contributed by atoms with Gasteiger partial charge in [-0.2, -0.15) is 0 Å². The number of carbonyl (C=O) groups is 1. The van der Waals surface area contributed by atoms with Crippen LogP contribution in [0.2, 0.25) is 0 Å². The molecule has 0 aromatic heterocycles. The molecular formula is C17H14F2O4. The zero-order chi connectivity index (χ0) is 17.0. The number of carbonyl (C=O) groups excluding carboxylic acids is 1. The second-order valence-electron chi connectivity index (χ2n) is 4.60. The lowest BCUT2D eigenvalue weighted by atomic mass is 10.0. The van der Waals surface area contributed by atoms with E-state index in [2.05, 4.69) is 4.74 Å². The maximum atomic E-state index is 13.6. The highest BCUT2D eigenvalue weighted by Crippen LogP contribution is 2.30. The van der Waals surface area contributed by atoms with E-state index < -0.39 is 17.6 Å². The highest BCUT2D eigenvalue weighted by atomic mass is 19.1. The van der Waals surface area contributed by atoms with Gasteiger partial charge in [0.2, 0.25) is 0 Å². The minimum Gasteiger partial charge on any atom is -0.507 e. The Bertz CT molecular complexity index is 769. The number of hydrogen-bond acceptors (Lipinski definition) is 4. The Morgan fingerprint density at radius 2 is 1.78 bits per heavy atom. The van der Waals surface area contributed by atoms with Crippen LogP contribution in [0.4, 0.5) is 8.78 Å². The Hall–Kier alpha value is -2.89. The number of esters is 1. The molecule has 0 aliphatic carbocycles. The number of aromatic hydroxyl groups is 1. The van der Waals surface area contributed by atoms with Gasteiger partial charge in [-0.1, -0.05) is 12.2 Å². The molecule has 0 amide bonds. The molecule has 120 valence electrons. The molecule has 0 heterocycles. The zero-order valence-electron chi connectivity index (χ0n) is 12.5. The summed E-state index contributed by atoms with van der Waals surface area (Å²) in [4.78, 5) is 11.8. The molecule has 0 saturated carbocycles. The molecule has 0 atom stereocenters. The molecule has 0 aliphatic heterocycles. The van der Waals surface area contributed by atoms with Gasteiger partial charge in [-0.15, -0.1) is 0 Å². The molecule has 1 N–H and O–H groups in total. The Morgan fingerprint density at radius 3 is 2.39 bits per heavy atom. The molecule has 0 radical (unpaired) electrons. The molecule has 0 aliphatic rings. The first-order chi connectivity index (χ1) is 11.0. The predicted octanol–water partition coefficient (Wildman–Crippen LogP) is 3.64. The van der Waals surface area contributed by atoms with Crippen LogP contribution in [0.3, 0.4) is 0 Å². The summed E-state index contributed by atoms with van der Waals surface area (Å²) in [6.45, 7) is 0. The molecule has 0 unspecified atom stereocenters. The van der Waals surface area contributed by atoms with Crippen molar-refractivity contribution in [1.29, 1.82) is 0 Å². The van der Waals surface area contributed by atoms with Gasteiger partial charge in [-0.05, 0) is 23.8 Å². The van der Waals surface area contributed by atoms with E-state index in [-0.39, 0.29) is 22.4 Å². The van der Waals surface area contributed by atoms with Crippen molar-refractivity contribution in [2.24, 2.45) is 0 Å². The standard InChI is InChI=1S/C17H14F2O4/c1-22-13-7-11(16(15(20)9-13)17(21)23-2)4-3-10-5-6-12(18)8-14(10)19/h3-9,20H,1-2H3/b4-3+. The lowest BCUT2D eigenvalue weighted by Gasteiger charge is -2.09. The van der Waals surface area contributed by atoms with Gasteiger partial charge in [0.25, 0.3) is 0 Å². The van der Waals surface area contributed by atoms with Crippen LogP contribution < -0.4 is 4.74 Å². The first-order valence-electron chi connectivity index (χ1n) is 6.58. The maximum Gasteiger partial charge on any atom is 0.342 e. The van der Waals surface area contributed by atoms with E-state index in [1.165, 1.54) is 44.6 Å². The van der Waals surface area contributed by atoms with Crippen molar-refractivity contribution in [2.45, 2.75) is 0 Å². The number of hydrogen-bond donors (Lipinski definition) is 1. The van der Waals surface area contributed by atoms with Crippen molar-refractivity contribution in [3.63, 3.8) is 0 Å². The molecule has 2 aromatic carbocycles. The summed E-state index contributed by atoms with van der Waals surface area (Å²) in [6, 6.07) is 5.89. The van der Waals surface area contributed by atoms with Gasteiger partial charge in [0.1, 0.15) is 28.7 Å². The summed E-state index contributed by atoms with van der Waals surface area (Å²) in [7, 11) is 2.58. The molecule has 6 heteroatoms. The third kappa shape index (κ3) is 3.66. The quantitative estimate of drug-likeness (QED) is 0.690. The summed E-state index contributed by atoms with van der Waals surface area (Å²) in [6.07, 6.45) is 2.76. The molecule has 23 heavy (non-hydrogen) atoms. The van der Waals surface area contributed by atoms with Gasteiger partial charge in [0, 0.05) is 17.7 Å². The van der Waals surface area contributed by atoms with Gasteiger partial charge in [0.15, 0.2) is 0 Å². The van der Waals surface area contributed by atoms with Crippen molar-refractivity contribution in [3.05, 3.63) is 58.7 Å². The van der Waals surface area contributed by atoms with E-state index in [0.717, 1.165) is 12.1 Å². The van der Waals surface area contributed by atoms with Crippen molar-refractivity contribution in [1.82, 2.24) is 0 Å². The lowest BCUT2D eigenvalue weighted by molar-refractivity contribution is 0.0597. The van der Waals surface area contributed by atoms with Crippen molar-refractivity contribution >= 4 is 18.1 Å². The van der Waals surface area contributed by atoms with E-state index in [9.17, 15) is 18.7 Å². The smallest absolute Gasteiger partial charge is 0.342 e. The third-order valence-electron chi connectivity index (χ3n) is 3.15. The minimum atomic E-state index is -0.746. The van der Waals surface area contributed by atoms with Crippen LogP contribution in [0.25, 0.3) is 12.2 Å². The fourth-order valence-electron chi connectivity index (χ4n) is 2.01. The van der Waals surface area contributed by atoms with Gasteiger partial charge in [-0.3, -0.25) is 0 Å². The van der Waals surface area contributed by atoms with Gasteiger partial charge in [-0.25, -0.2) is 13.6 Å². The molecule has 4 nitrogen and oxygen atoms in total. The fourth-order valence-corrected chi connectivity index (χ4v) is 2.01. The third-order valence-corrected chi connectivity index (χ3v) is 3.15. The van der Waals surface area contributed by atoms with E-state index in [1.807, 2.05) is 0 Å². The summed E-state index contributed by atoms with van der Waals surface area (Å²) in [5.41, 5.74) is 0.328. The van der Waals surface area contributed by atoms with E-state index in [1.54, 1.807) is 0 Å². The molecule has 0 fully saturated rings. The van der Waals surface area contributed by atoms with Crippen molar-refractivity contribution in [3.8, 4) is 11.5 Å². The Balaban J connectivity index is 2.50. The average molecular weight is 320 g/mol. The number of benzene rings is 2. The van der Waals surface area contributed by atoms with Crippen molar-refractivity contribution < 1.29 is 28.2 Å². The summed E-state index contributed by atoms with van der Waals surface area (Å²) < 4.78 is 36.2. The second kappa shape index (κ2) is 6.91. The van der Waals surface area contributed by atoms with Crippen LogP contribution in [0.1, 0.15) is 21.5 Å². The second-order valence-corrected chi connectivity index (χ2v) is 4.60. The number of methoxy groups -OCH3 is 2. The summed E-state index contributed by atoms with van der Waals surface area (Å²) in [5, 5.41) is 9.95. The average Bonchev–Trinajstić information content (AvgIpc) is 2.52. The zero-order valence-corrected chi connectivity index (χ0v) is 12.5. The van der Waals surface area contributed by atoms with E-state index >= 15 is 0 Å². The Morgan fingerprint density at radius 1 is 1.09 bits per heavy atom. The Labute approximate surface area is 131 Å². The molecule has 0 bridgehead atoms. The topological polar surface area (TPSA) is 55.8 Å². The minimum absolute atomic E-state index is 0.0768. The first kappa shape index (κ1) is 16.5. The highest BCUT2D eigenvalue weighted by molar-refractivity contribution is 5.98. The first-order valence-corrected chi connectivity index (χ1v) is 6.58. The number of ether oxygens (including phenoxy) is 2. The largest absolute Gasteiger partial charge is 0.507 e. The number of phenolic OH excluding ortho intramolecular Hbond substituents is 1. The lowest BCUT2D eigenvalue weighted by Crippen LogP contribution is -2.04. The molecule has 2 aromatic rings. The Kier molecular flexibility index (Phi) is 4.95. The van der Waals surface area contributed by atoms with Crippen LogP contribution in [0.5, 0.6) is 11.5 Å². The van der Waals surface area contributed by atoms with Gasteiger partial charge >= 0.3 is 5.97 Å². The van der Waals surface area contributed by atoms with Crippen molar-refractivity contribution in [2.75, 3.05) is 14.2 Å². The number of rotatable bonds is 4. The van der Waals surface area contributed by atoms with E-state index in [0.29, 0.717) is 5.75 Å². The predicted molar refractivity (Wildman–Crippen MR) is 81.3 cm³/mol. The summed E-state index contributed by atoms with van der Waals surface area (Å²) >= 11 is 0. The van der Waals surface area contributed by atoms with Crippen LogP contribution in [0.15, 0.2) is 30.3 Å². The maximum absolute atomic E-state index is 13.6. The van der Waals surface area contributed by atoms with Crippen LogP contribution in [0, 0.1) is 11.6 Å². The SMILES string of the molecule is COC(=O)c1c(O)cc(OC)cc1/C=C/c1ccc(F)cc1F. The molecule has 2 rings (SSSR count). The molecular weight excluding hydrogens is 306 g/mol. The van der Waals surface area contributed by atoms with Crippen LogP contribution in [-0.4, -0.2) is 25.3 Å². The van der Waals surface area contributed by atoms with E-state index in [4.69, 9.17) is 4.74 Å². The fraction of sp³-hybridized carbons (Fsp3) is 0.118. The molecule has 0 spiro atoms. The highest BCUT2D eigenvalue weighted by Gasteiger charge is 2.17. The van der Waals surface area contributed by atoms with Gasteiger partial charge < -0.3 is 14.6 Å². The monoisotopic (exact) mass is 320 g/mol. The van der Waals surface area contributed by atoms with Crippen LogP contribution >= 0.6 is 0 Å². The normalized spacial score (nSPS) is 10.8. The van der Waals surface area contributed by atoms with Gasteiger partial charge in [0.05, 0.1) is 14.2 Å². The molecule has 0 saturated heterocycles. The number of phenols is 1.